The SMILES string of the molecule is COc1cc2c(Oc3ccc(N(Cc4ccccc4C(F)(F)F)C(=O)C(N)=O)cc3F)ccnc2cc1OCC1CCNCC1. The number of halogens is 4. The molecular weight excluding hydrogens is 596 g/mol. The highest BCUT2D eigenvalue weighted by atomic mass is 19.4. The van der Waals surface area contributed by atoms with Crippen molar-refractivity contribution in [1.82, 2.24) is 10.3 Å². The van der Waals surface area contributed by atoms with Gasteiger partial charge in [0.25, 0.3) is 0 Å². The lowest BCUT2D eigenvalue weighted by Crippen LogP contribution is -2.40. The summed E-state index contributed by atoms with van der Waals surface area (Å²) < 4.78 is 73.7. The standard InChI is InChI=1S/C32H30F4N4O5/c1-43-28-15-22-25(16-29(28)44-18-19-8-11-38-12-9-19)39-13-10-26(22)45-27-7-6-21(14-24(27)33)40(31(42)30(37)41)17-20-4-2-3-5-23(20)32(34,35)36/h2-7,10,13-16,19,38H,8-9,11-12,17-18H2,1H3,(H2,37,41). The zero-order chi connectivity index (χ0) is 32.1. The molecule has 0 atom stereocenters. The summed E-state index contributed by atoms with van der Waals surface area (Å²) in [6, 6.07) is 12.8. The van der Waals surface area contributed by atoms with Crippen LogP contribution >= 0.6 is 0 Å². The topological polar surface area (TPSA) is 116 Å². The van der Waals surface area contributed by atoms with Crippen molar-refractivity contribution >= 4 is 28.4 Å². The van der Waals surface area contributed by atoms with E-state index in [1.54, 1.807) is 12.1 Å². The van der Waals surface area contributed by atoms with Crippen LogP contribution in [0.25, 0.3) is 10.9 Å². The van der Waals surface area contributed by atoms with Gasteiger partial charge in [-0.05, 0) is 67.7 Å². The maximum absolute atomic E-state index is 15.4. The first kappa shape index (κ1) is 31.5. The number of aromatic nitrogens is 1. The molecule has 0 saturated carbocycles. The Hall–Kier alpha value is -4.91. The molecule has 0 spiro atoms. The molecule has 45 heavy (non-hydrogen) atoms. The number of nitrogens with one attached hydrogen (secondary N) is 1. The molecule has 1 aliphatic rings. The van der Waals surface area contributed by atoms with E-state index in [0.717, 1.165) is 44.1 Å². The lowest BCUT2D eigenvalue weighted by Gasteiger charge is -2.24. The third-order valence-corrected chi connectivity index (χ3v) is 7.47. The fourth-order valence-corrected chi connectivity index (χ4v) is 5.12. The average Bonchev–Trinajstić information content (AvgIpc) is 3.03. The number of amides is 2. The Morgan fingerprint density at radius 1 is 1.00 bits per heavy atom. The number of nitrogens with zero attached hydrogens (tertiary/aromatic N) is 2. The molecule has 0 radical (unpaired) electrons. The average molecular weight is 627 g/mol. The monoisotopic (exact) mass is 626 g/mol. The van der Waals surface area contributed by atoms with Crippen LogP contribution < -0.4 is 30.2 Å². The molecule has 3 N–H and O–H groups in total. The highest BCUT2D eigenvalue weighted by Gasteiger charge is 2.34. The van der Waals surface area contributed by atoms with Crippen LogP contribution in [0.4, 0.5) is 23.2 Å². The van der Waals surface area contributed by atoms with E-state index in [1.807, 2.05) is 0 Å². The van der Waals surface area contributed by atoms with Gasteiger partial charge >= 0.3 is 18.0 Å². The van der Waals surface area contributed by atoms with Crippen LogP contribution in [-0.4, -0.2) is 43.6 Å². The predicted molar refractivity (Wildman–Crippen MR) is 158 cm³/mol. The number of methoxy groups -OCH3 is 1. The summed E-state index contributed by atoms with van der Waals surface area (Å²) in [5.41, 5.74) is 4.16. The number of fused-ring (bicyclic) bond motifs is 1. The Kier molecular flexibility index (Phi) is 9.37. The van der Waals surface area contributed by atoms with Crippen molar-refractivity contribution in [2.45, 2.75) is 25.6 Å². The molecule has 1 aromatic heterocycles. The minimum absolute atomic E-state index is 0.197. The lowest BCUT2D eigenvalue weighted by atomic mass is 9.99. The molecule has 1 fully saturated rings. The second kappa shape index (κ2) is 13.4. The number of carbonyl (C=O) groups is 2. The van der Waals surface area contributed by atoms with Gasteiger partial charge in [0.2, 0.25) is 0 Å². The number of primary amides is 1. The smallest absolute Gasteiger partial charge is 0.416 e. The summed E-state index contributed by atoms with van der Waals surface area (Å²) in [4.78, 5) is 29.5. The van der Waals surface area contributed by atoms with E-state index in [1.165, 1.54) is 43.6 Å². The van der Waals surface area contributed by atoms with Crippen molar-refractivity contribution in [2.24, 2.45) is 11.7 Å². The van der Waals surface area contributed by atoms with E-state index in [0.29, 0.717) is 39.8 Å². The number of alkyl halides is 3. The summed E-state index contributed by atoms with van der Waals surface area (Å²) >= 11 is 0. The van der Waals surface area contributed by atoms with Gasteiger partial charge in [0, 0.05) is 29.4 Å². The van der Waals surface area contributed by atoms with Gasteiger partial charge in [0.1, 0.15) is 5.75 Å². The minimum atomic E-state index is -4.73. The fraction of sp³-hybridized carbons (Fsp3) is 0.281. The number of anilines is 1. The van der Waals surface area contributed by atoms with Crippen molar-refractivity contribution in [3.8, 4) is 23.0 Å². The van der Waals surface area contributed by atoms with Gasteiger partial charge in [-0.25, -0.2) is 4.39 Å². The van der Waals surface area contributed by atoms with Crippen LogP contribution in [-0.2, 0) is 22.3 Å². The molecular formula is C32H30F4N4O5. The van der Waals surface area contributed by atoms with Crippen LogP contribution in [0, 0.1) is 11.7 Å². The summed E-state index contributed by atoms with van der Waals surface area (Å²) in [6.07, 6.45) is -1.23. The molecule has 236 valence electrons. The maximum atomic E-state index is 15.4. The molecule has 0 unspecified atom stereocenters. The van der Waals surface area contributed by atoms with Crippen molar-refractivity contribution < 1.29 is 41.4 Å². The van der Waals surface area contributed by atoms with Crippen molar-refractivity contribution in [2.75, 3.05) is 31.7 Å². The first-order chi connectivity index (χ1) is 21.5. The molecule has 3 aromatic carbocycles. The number of rotatable bonds is 9. The maximum Gasteiger partial charge on any atom is 0.416 e. The molecule has 2 heterocycles. The van der Waals surface area contributed by atoms with Crippen molar-refractivity contribution in [3.05, 3.63) is 83.8 Å². The van der Waals surface area contributed by atoms with E-state index >= 15 is 4.39 Å². The number of piperidine rings is 1. The van der Waals surface area contributed by atoms with Gasteiger partial charge in [-0.1, -0.05) is 18.2 Å². The minimum Gasteiger partial charge on any atom is -0.493 e. The molecule has 4 aromatic rings. The number of hydrogen-bond acceptors (Lipinski definition) is 7. The van der Waals surface area contributed by atoms with Crippen molar-refractivity contribution in [3.63, 3.8) is 0 Å². The van der Waals surface area contributed by atoms with Crippen LogP contribution in [0.1, 0.15) is 24.0 Å². The molecule has 2 amide bonds. The number of benzene rings is 3. The first-order valence-corrected chi connectivity index (χ1v) is 14.1. The number of carbonyl (C=O) groups excluding carboxylic acids is 2. The zero-order valence-electron chi connectivity index (χ0n) is 24.2. The summed E-state index contributed by atoms with van der Waals surface area (Å²) in [5, 5.41) is 3.82. The Labute approximate surface area is 255 Å². The van der Waals surface area contributed by atoms with E-state index in [-0.39, 0.29) is 22.7 Å². The zero-order valence-corrected chi connectivity index (χ0v) is 24.2. The van der Waals surface area contributed by atoms with Gasteiger partial charge in [0.05, 0.1) is 31.3 Å². The van der Waals surface area contributed by atoms with Crippen LogP contribution in [0.5, 0.6) is 23.0 Å². The first-order valence-electron chi connectivity index (χ1n) is 14.1. The number of hydrogen-bond donors (Lipinski definition) is 2. The number of nitrogens with two attached hydrogens (primary N) is 1. The van der Waals surface area contributed by atoms with Crippen LogP contribution in [0.3, 0.4) is 0 Å². The molecule has 0 bridgehead atoms. The molecule has 1 saturated heterocycles. The predicted octanol–water partition coefficient (Wildman–Crippen LogP) is 5.59. The number of pyridine rings is 1. The summed E-state index contributed by atoms with van der Waals surface area (Å²) in [7, 11) is 1.50. The van der Waals surface area contributed by atoms with E-state index < -0.39 is 35.9 Å². The molecule has 0 aliphatic carbocycles. The normalized spacial score (nSPS) is 13.8. The molecule has 13 heteroatoms. The number of ether oxygens (including phenoxy) is 3. The van der Waals surface area contributed by atoms with E-state index in [2.05, 4.69) is 10.3 Å². The highest BCUT2D eigenvalue weighted by molar-refractivity contribution is 6.39. The largest absolute Gasteiger partial charge is 0.493 e. The second-order valence-corrected chi connectivity index (χ2v) is 10.5. The summed E-state index contributed by atoms with van der Waals surface area (Å²) in [6.45, 7) is 1.71. The van der Waals surface area contributed by atoms with Crippen molar-refractivity contribution in [1.29, 1.82) is 0 Å². The van der Waals surface area contributed by atoms with Gasteiger partial charge in [-0.15, -0.1) is 0 Å². The van der Waals surface area contributed by atoms with E-state index in [9.17, 15) is 22.8 Å². The van der Waals surface area contributed by atoms with Crippen LogP contribution in [0.15, 0.2) is 66.9 Å². The highest BCUT2D eigenvalue weighted by Crippen LogP contribution is 2.39. The third kappa shape index (κ3) is 7.26. The summed E-state index contributed by atoms with van der Waals surface area (Å²) in [5.74, 6) is -2.34. The van der Waals surface area contributed by atoms with Gasteiger partial charge in [0.15, 0.2) is 23.1 Å². The quantitative estimate of drug-likeness (QED) is 0.184. The van der Waals surface area contributed by atoms with Gasteiger partial charge < -0.3 is 25.3 Å². The Morgan fingerprint density at radius 3 is 2.44 bits per heavy atom. The molecule has 5 rings (SSSR count). The molecule has 9 nitrogen and oxygen atoms in total. The third-order valence-electron chi connectivity index (χ3n) is 7.47. The Bertz CT molecular complexity index is 1710. The van der Waals surface area contributed by atoms with Crippen LogP contribution in [0.2, 0.25) is 0 Å². The lowest BCUT2D eigenvalue weighted by molar-refractivity contribution is -0.138. The Morgan fingerprint density at radius 2 is 1.76 bits per heavy atom. The van der Waals surface area contributed by atoms with Gasteiger partial charge in [-0.3, -0.25) is 19.5 Å². The Balaban J connectivity index is 1.41. The molecule has 1 aliphatic heterocycles. The second-order valence-electron chi connectivity index (χ2n) is 10.5. The van der Waals surface area contributed by atoms with E-state index in [4.69, 9.17) is 19.9 Å². The fourth-order valence-electron chi connectivity index (χ4n) is 5.12. The van der Waals surface area contributed by atoms with Gasteiger partial charge in [-0.2, -0.15) is 13.2 Å².